The number of unbranched alkanes of at least 4 members (excludes halogenated alkanes) is 44. The average molecular weight is 1470 g/mol. The van der Waals surface area contributed by atoms with Crippen LogP contribution in [-0.4, -0.2) is 96.7 Å². The molecule has 3 N–H and O–H groups in total. The molecular formula is C81H158O17P2. The van der Waals surface area contributed by atoms with E-state index in [1.54, 1.807) is 0 Å². The first-order chi connectivity index (χ1) is 48.1. The highest BCUT2D eigenvalue weighted by molar-refractivity contribution is 7.47. The van der Waals surface area contributed by atoms with E-state index in [9.17, 15) is 43.2 Å². The molecule has 17 nitrogen and oxygen atoms in total. The predicted octanol–water partition coefficient (Wildman–Crippen LogP) is 24.0. The molecule has 0 radical (unpaired) electrons. The van der Waals surface area contributed by atoms with E-state index >= 15 is 0 Å². The summed E-state index contributed by atoms with van der Waals surface area (Å²) in [5.74, 6) is 0.953. The number of ether oxygens (including phenoxy) is 4. The molecule has 5 atom stereocenters. The quantitative estimate of drug-likeness (QED) is 0.0222. The van der Waals surface area contributed by atoms with Crippen molar-refractivity contribution in [2.24, 2.45) is 23.7 Å². The van der Waals surface area contributed by atoms with Gasteiger partial charge in [0.05, 0.1) is 26.4 Å². The molecule has 0 fully saturated rings. The van der Waals surface area contributed by atoms with E-state index in [1.807, 2.05) is 0 Å². The van der Waals surface area contributed by atoms with E-state index in [-0.39, 0.29) is 25.7 Å². The van der Waals surface area contributed by atoms with Crippen molar-refractivity contribution >= 4 is 39.5 Å². The summed E-state index contributed by atoms with van der Waals surface area (Å²) in [4.78, 5) is 73.0. The number of aliphatic hydroxyl groups excluding tert-OH is 1. The van der Waals surface area contributed by atoms with Gasteiger partial charge in [-0.05, 0) is 49.4 Å². The number of esters is 4. The van der Waals surface area contributed by atoms with Crippen molar-refractivity contribution in [3.05, 3.63) is 0 Å². The highest BCUT2D eigenvalue weighted by Crippen LogP contribution is 2.45. The first-order valence-corrected chi connectivity index (χ1v) is 44.7. The topological polar surface area (TPSA) is 237 Å². The maximum atomic E-state index is 13.1. The van der Waals surface area contributed by atoms with Crippen LogP contribution in [0.15, 0.2) is 0 Å². The largest absolute Gasteiger partial charge is 0.472 e. The molecule has 594 valence electrons. The molecule has 0 aromatic heterocycles. The number of phosphoric ester groups is 2. The Morgan fingerprint density at radius 1 is 0.250 bits per heavy atom. The molecule has 3 unspecified atom stereocenters. The molecule has 0 bridgehead atoms. The Morgan fingerprint density at radius 2 is 0.420 bits per heavy atom. The number of aliphatic hydroxyl groups is 1. The minimum atomic E-state index is -4.96. The van der Waals surface area contributed by atoms with Crippen molar-refractivity contribution in [1.82, 2.24) is 0 Å². The fourth-order valence-corrected chi connectivity index (χ4v) is 14.0. The van der Waals surface area contributed by atoms with E-state index in [1.165, 1.54) is 212 Å². The first kappa shape index (κ1) is 98.1. The molecule has 0 heterocycles. The number of carbonyl (C=O) groups excluding carboxylic acids is 4. The Hall–Kier alpha value is -1.94. The van der Waals surface area contributed by atoms with Crippen LogP contribution in [0.5, 0.6) is 0 Å². The van der Waals surface area contributed by atoms with Crippen molar-refractivity contribution in [3.8, 4) is 0 Å². The Morgan fingerprint density at radius 3 is 0.620 bits per heavy atom. The Balaban J connectivity index is 5.23. The normalized spacial score (nSPS) is 14.0. The summed E-state index contributed by atoms with van der Waals surface area (Å²) in [7, 11) is -9.92. The maximum absolute atomic E-state index is 13.1. The number of carbonyl (C=O) groups is 4. The van der Waals surface area contributed by atoms with Gasteiger partial charge in [-0.2, -0.15) is 0 Å². The lowest BCUT2D eigenvalue weighted by Gasteiger charge is -2.21. The summed E-state index contributed by atoms with van der Waals surface area (Å²) in [6, 6.07) is 0. The molecule has 0 aliphatic rings. The van der Waals surface area contributed by atoms with Crippen LogP contribution < -0.4 is 0 Å². The molecular weight excluding hydrogens is 1310 g/mol. The van der Waals surface area contributed by atoms with Crippen molar-refractivity contribution in [3.63, 3.8) is 0 Å². The molecule has 0 amide bonds. The van der Waals surface area contributed by atoms with Crippen molar-refractivity contribution < 1.29 is 80.2 Å². The van der Waals surface area contributed by atoms with Gasteiger partial charge in [0.25, 0.3) is 0 Å². The number of hydrogen-bond donors (Lipinski definition) is 3. The maximum Gasteiger partial charge on any atom is 0.472 e. The molecule has 0 saturated heterocycles. The zero-order valence-corrected chi connectivity index (χ0v) is 67.6. The van der Waals surface area contributed by atoms with Gasteiger partial charge in [0.15, 0.2) is 12.2 Å². The van der Waals surface area contributed by atoms with Crippen LogP contribution in [0.4, 0.5) is 0 Å². The lowest BCUT2D eigenvalue weighted by molar-refractivity contribution is -0.161. The highest BCUT2D eigenvalue weighted by atomic mass is 31.2. The summed E-state index contributed by atoms with van der Waals surface area (Å²) in [5, 5.41) is 10.6. The van der Waals surface area contributed by atoms with Gasteiger partial charge in [-0.3, -0.25) is 37.3 Å². The zero-order chi connectivity index (χ0) is 73.8. The predicted molar refractivity (Wildman–Crippen MR) is 409 cm³/mol. The summed E-state index contributed by atoms with van der Waals surface area (Å²) in [6.45, 7) is 14.2. The lowest BCUT2D eigenvalue weighted by atomic mass is 10.0. The third-order valence-corrected chi connectivity index (χ3v) is 20.7. The van der Waals surface area contributed by atoms with Crippen LogP contribution >= 0.6 is 15.6 Å². The molecule has 0 aliphatic heterocycles. The Labute approximate surface area is 613 Å². The Bertz CT molecular complexity index is 1950. The third kappa shape index (κ3) is 74.3. The van der Waals surface area contributed by atoms with Gasteiger partial charge >= 0.3 is 39.5 Å². The van der Waals surface area contributed by atoms with Crippen LogP contribution in [0, 0.1) is 23.7 Å². The third-order valence-electron chi connectivity index (χ3n) is 18.8. The SMILES string of the molecule is CC(C)CCCCCCCCCCCCCCCCCC(=O)O[C@H](COC(=O)CCCCCCCCC(C)C)COP(=O)(O)OCC(O)COP(=O)(O)OC[C@@H](COC(=O)CCCCCCCCCCCCCCCC(C)C)OC(=O)CCCCCCCCCCCCCCCCC(C)C. The van der Waals surface area contributed by atoms with E-state index in [2.05, 4.69) is 55.4 Å². The van der Waals surface area contributed by atoms with Crippen LogP contribution in [0.2, 0.25) is 0 Å². The number of hydrogen-bond acceptors (Lipinski definition) is 15. The van der Waals surface area contributed by atoms with Gasteiger partial charge in [-0.25, -0.2) is 9.13 Å². The van der Waals surface area contributed by atoms with Gasteiger partial charge in [0.1, 0.15) is 19.3 Å². The van der Waals surface area contributed by atoms with Crippen molar-refractivity contribution in [1.29, 1.82) is 0 Å². The molecule has 19 heteroatoms. The molecule has 0 saturated carbocycles. The second-order valence-corrected chi connectivity index (χ2v) is 34.0. The minimum Gasteiger partial charge on any atom is -0.462 e. The average Bonchev–Trinajstić information content (AvgIpc) is 0.935. The minimum absolute atomic E-state index is 0.106. The standard InChI is InChI=1S/C81H158O17P2/c1-71(2)57-49-41-33-27-21-15-10-9-11-18-25-31-37-47-55-64-81(86)98-77(68-92-79(84)62-54-46-40-39-44-52-60-74(7)8)70-96-100(89,90)94-66-75(82)65-93-99(87,88)95-69-76(67-91-78(83)61-53-45-36-30-24-20-14-17-23-29-35-43-51-59-73(5)6)97-80(85)63-56-48-38-32-26-19-13-12-16-22-28-34-42-50-58-72(3)4/h71-77,82H,9-70H2,1-8H3,(H,87,88)(H,89,90)/t75?,76-,77-/m1/s1. The molecule has 0 aromatic rings. The molecule has 0 aromatic carbocycles. The summed E-state index contributed by atoms with van der Waals surface area (Å²) < 4.78 is 68.7. The summed E-state index contributed by atoms with van der Waals surface area (Å²) in [5.41, 5.74) is 0. The monoisotopic (exact) mass is 1470 g/mol. The van der Waals surface area contributed by atoms with E-state index in [0.717, 1.165) is 114 Å². The van der Waals surface area contributed by atoms with Gasteiger partial charge in [-0.15, -0.1) is 0 Å². The van der Waals surface area contributed by atoms with Crippen molar-refractivity contribution in [2.75, 3.05) is 39.6 Å². The fourth-order valence-electron chi connectivity index (χ4n) is 12.4. The first-order valence-electron chi connectivity index (χ1n) is 41.7. The number of rotatable bonds is 78. The van der Waals surface area contributed by atoms with Gasteiger partial charge in [-0.1, -0.05) is 364 Å². The van der Waals surface area contributed by atoms with E-state index in [0.29, 0.717) is 31.6 Å². The Kier molecular flexibility index (Phi) is 68.7. The smallest absolute Gasteiger partial charge is 0.462 e. The van der Waals surface area contributed by atoms with E-state index < -0.39 is 97.5 Å². The lowest BCUT2D eigenvalue weighted by Crippen LogP contribution is -2.30. The molecule has 0 aliphatic carbocycles. The second kappa shape index (κ2) is 70.1. The number of phosphoric acid groups is 2. The highest BCUT2D eigenvalue weighted by Gasteiger charge is 2.30. The van der Waals surface area contributed by atoms with Crippen LogP contribution in [-0.2, 0) is 65.4 Å². The van der Waals surface area contributed by atoms with Crippen LogP contribution in [0.3, 0.4) is 0 Å². The van der Waals surface area contributed by atoms with Crippen LogP contribution in [0.1, 0.15) is 415 Å². The zero-order valence-electron chi connectivity index (χ0n) is 65.8. The summed E-state index contributed by atoms with van der Waals surface area (Å²) >= 11 is 0. The molecule has 0 rings (SSSR count). The molecule has 0 spiro atoms. The van der Waals surface area contributed by atoms with Crippen LogP contribution in [0.25, 0.3) is 0 Å². The van der Waals surface area contributed by atoms with Gasteiger partial charge < -0.3 is 33.8 Å². The van der Waals surface area contributed by atoms with Gasteiger partial charge in [0, 0.05) is 25.7 Å². The van der Waals surface area contributed by atoms with Gasteiger partial charge in [0.2, 0.25) is 0 Å². The van der Waals surface area contributed by atoms with E-state index in [4.69, 9.17) is 37.0 Å². The summed E-state index contributed by atoms with van der Waals surface area (Å²) in [6.07, 6.45) is 57.0. The fraction of sp³-hybridized carbons (Fsp3) is 0.951. The second-order valence-electron chi connectivity index (χ2n) is 31.1. The van der Waals surface area contributed by atoms with Crippen molar-refractivity contribution in [2.45, 2.75) is 433 Å². The molecule has 100 heavy (non-hydrogen) atoms.